The number of ether oxygens (including phenoxy) is 2. The van der Waals surface area contributed by atoms with Crippen LogP contribution in [-0.4, -0.2) is 103 Å². The van der Waals surface area contributed by atoms with Crippen molar-refractivity contribution in [1.29, 1.82) is 0 Å². The standard InChI is InChI=1S/C35H59N7O8/c1-12-21(6)30(26(49-11)17-27(36)43)41(9)34(47)23(8)39-33(46)29(20(4)5)42(10)35(48)50-18-24-13-15-25(16-14-24)40-31(44)22(7)38-32(45)28(37)19(2)3/h13-16,19-23,26,28-30H,12,17-18,37H2,1-11H3,(H2,36,43)(H,38,45)(H,39,46)(H,40,44)/t21-,22-,23-,26+,28-,29-,30-/m0/s1. The first kappa shape index (κ1) is 43.8. The van der Waals surface area contributed by atoms with E-state index in [0.29, 0.717) is 17.7 Å². The zero-order chi connectivity index (χ0) is 38.5. The molecule has 0 aromatic heterocycles. The molecule has 15 heteroatoms. The fourth-order valence-electron chi connectivity index (χ4n) is 5.49. The molecule has 7 N–H and O–H groups in total. The molecule has 0 aliphatic heterocycles. The molecule has 6 amide bonds. The maximum atomic E-state index is 13.5. The summed E-state index contributed by atoms with van der Waals surface area (Å²) in [5.74, 6) is -2.76. The molecule has 0 radical (unpaired) electrons. The average Bonchev–Trinajstić information content (AvgIpc) is 3.05. The first-order chi connectivity index (χ1) is 23.3. The lowest BCUT2D eigenvalue weighted by Gasteiger charge is -2.39. The molecular weight excluding hydrogens is 646 g/mol. The Bertz CT molecular complexity index is 1310. The number of methoxy groups -OCH3 is 1. The van der Waals surface area contributed by atoms with Crippen molar-refractivity contribution in [2.24, 2.45) is 29.2 Å². The fourth-order valence-corrected chi connectivity index (χ4v) is 5.49. The van der Waals surface area contributed by atoms with Crippen LogP contribution in [0, 0.1) is 17.8 Å². The predicted octanol–water partition coefficient (Wildman–Crippen LogP) is 1.97. The lowest BCUT2D eigenvalue weighted by molar-refractivity contribution is -0.142. The quantitative estimate of drug-likeness (QED) is 0.142. The number of nitrogens with zero attached hydrogens (tertiary/aromatic N) is 2. The lowest BCUT2D eigenvalue weighted by atomic mass is 9.90. The molecule has 0 aliphatic rings. The highest BCUT2D eigenvalue weighted by Crippen LogP contribution is 2.22. The molecule has 50 heavy (non-hydrogen) atoms. The number of hydrogen-bond acceptors (Lipinski definition) is 9. The summed E-state index contributed by atoms with van der Waals surface area (Å²) in [6.07, 6.45) is -0.736. The summed E-state index contributed by atoms with van der Waals surface area (Å²) >= 11 is 0. The number of amides is 6. The monoisotopic (exact) mass is 705 g/mol. The van der Waals surface area contributed by atoms with Gasteiger partial charge in [-0.15, -0.1) is 0 Å². The zero-order valence-corrected chi connectivity index (χ0v) is 31.4. The van der Waals surface area contributed by atoms with Crippen LogP contribution in [0.2, 0.25) is 0 Å². The van der Waals surface area contributed by atoms with Gasteiger partial charge in [-0.3, -0.25) is 28.9 Å². The molecule has 1 rings (SSSR count). The van der Waals surface area contributed by atoms with Crippen molar-refractivity contribution in [2.75, 3.05) is 26.5 Å². The Hall–Kier alpha value is -4.24. The Morgan fingerprint density at radius 2 is 1.36 bits per heavy atom. The summed E-state index contributed by atoms with van der Waals surface area (Å²) in [5, 5.41) is 8.05. The molecule has 0 saturated carbocycles. The second-order valence-electron chi connectivity index (χ2n) is 13.5. The van der Waals surface area contributed by atoms with Gasteiger partial charge in [0, 0.05) is 26.9 Å². The molecule has 0 bridgehead atoms. The summed E-state index contributed by atoms with van der Waals surface area (Å²) < 4.78 is 11.0. The van der Waals surface area contributed by atoms with Gasteiger partial charge in [0.05, 0.1) is 24.6 Å². The van der Waals surface area contributed by atoms with Crippen LogP contribution in [0.25, 0.3) is 0 Å². The highest BCUT2D eigenvalue weighted by molar-refractivity contribution is 5.97. The number of nitrogens with two attached hydrogens (primary N) is 2. The Morgan fingerprint density at radius 1 is 0.800 bits per heavy atom. The molecule has 1 aromatic carbocycles. The molecule has 0 spiro atoms. The van der Waals surface area contributed by atoms with Gasteiger partial charge in [0.1, 0.15) is 24.7 Å². The zero-order valence-electron chi connectivity index (χ0n) is 31.4. The van der Waals surface area contributed by atoms with Crippen molar-refractivity contribution >= 4 is 41.3 Å². The van der Waals surface area contributed by atoms with Gasteiger partial charge in [-0.1, -0.05) is 60.1 Å². The molecule has 7 atom stereocenters. The summed E-state index contributed by atoms with van der Waals surface area (Å²) in [7, 11) is 4.51. The van der Waals surface area contributed by atoms with Crippen LogP contribution < -0.4 is 27.4 Å². The molecule has 15 nitrogen and oxygen atoms in total. The van der Waals surface area contributed by atoms with Crippen molar-refractivity contribution < 1.29 is 38.2 Å². The minimum Gasteiger partial charge on any atom is -0.445 e. The topological polar surface area (TPSA) is 215 Å². The van der Waals surface area contributed by atoms with E-state index in [-0.39, 0.29) is 30.8 Å². The lowest BCUT2D eigenvalue weighted by Crippen LogP contribution is -2.58. The SMILES string of the molecule is CC[C@H](C)[C@@H]([C@@H](CC(N)=O)OC)N(C)C(=O)[C@H](C)NC(=O)[C@H](C(C)C)N(C)C(=O)OCc1ccc(NC(=O)[C@H](C)NC(=O)[C@@H](N)C(C)C)cc1. The third kappa shape index (κ3) is 12.9. The van der Waals surface area contributed by atoms with Crippen molar-refractivity contribution in [2.45, 2.75) is 111 Å². The smallest absolute Gasteiger partial charge is 0.410 e. The number of nitrogens with one attached hydrogen (secondary N) is 3. The van der Waals surface area contributed by atoms with Gasteiger partial charge in [-0.25, -0.2) is 4.79 Å². The molecule has 0 saturated heterocycles. The number of anilines is 1. The predicted molar refractivity (Wildman–Crippen MR) is 190 cm³/mol. The van der Waals surface area contributed by atoms with Crippen LogP contribution in [-0.2, 0) is 40.1 Å². The van der Waals surface area contributed by atoms with Gasteiger partial charge in [-0.05, 0) is 49.3 Å². The van der Waals surface area contributed by atoms with Crippen LogP contribution in [0.15, 0.2) is 24.3 Å². The number of rotatable bonds is 19. The Morgan fingerprint density at radius 3 is 1.84 bits per heavy atom. The van der Waals surface area contributed by atoms with Gasteiger partial charge < -0.3 is 41.8 Å². The van der Waals surface area contributed by atoms with E-state index < -0.39 is 71.9 Å². The van der Waals surface area contributed by atoms with E-state index in [2.05, 4.69) is 16.0 Å². The number of carbonyl (C=O) groups excluding carboxylic acids is 6. The van der Waals surface area contributed by atoms with Gasteiger partial charge >= 0.3 is 6.09 Å². The first-order valence-electron chi connectivity index (χ1n) is 17.0. The second-order valence-corrected chi connectivity index (χ2v) is 13.5. The normalized spacial score (nSPS) is 15.5. The van der Waals surface area contributed by atoms with E-state index in [9.17, 15) is 28.8 Å². The van der Waals surface area contributed by atoms with Gasteiger partial charge in [0.25, 0.3) is 0 Å². The van der Waals surface area contributed by atoms with Crippen LogP contribution in [0.4, 0.5) is 10.5 Å². The van der Waals surface area contributed by atoms with E-state index in [0.717, 1.165) is 0 Å². The van der Waals surface area contributed by atoms with Crippen LogP contribution in [0.3, 0.4) is 0 Å². The van der Waals surface area contributed by atoms with Gasteiger partial charge in [0.15, 0.2) is 0 Å². The summed E-state index contributed by atoms with van der Waals surface area (Å²) in [5.41, 5.74) is 12.4. The van der Waals surface area contributed by atoms with E-state index in [4.69, 9.17) is 20.9 Å². The Balaban J connectivity index is 2.87. The van der Waals surface area contributed by atoms with Crippen LogP contribution in [0.5, 0.6) is 0 Å². The number of benzene rings is 1. The maximum Gasteiger partial charge on any atom is 0.410 e. The first-order valence-corrected chi connectivity index (χ1v) is 17.0. The van der Waals surface area contributed by atoms with Crippen molar-refractivity contribution in [3.05, 3.63) is 29.8 Å². The molecule has 1 aromatic rings. The molecule has 0 fully saturated rings. The molecular formula is C35H59N7O8. The number of carbonyl (C=O) groups is 6. The fraction of sp³-hybridized carbons (Fsp3) is 0.657. The van der Waals surface area contributed by atoms with E-state index in [1.165, 1.54) is 24.0 Å². The van der Waals surface area contributed by atoms with Crippen molar-refractivity contribution in [3.8, 4) is 0 Å². The van der Waals surface area contributed by atoms with Gasteiger partial charge in [-0.2, -0.15) is 0 Å². The third-order valence-corrected chi connectivity index (χ3v) is 8.80. The maximum absolute atomic E-state index is 13.5. The average molecular weight is 706 g/mol. The Kier molecular flexibility index (Phi) is 17.9. The highest BCUT2D eigenvalue weighted by Gasteiger charge is 2.37. The molecule has 0 unspecified atom stereocenters. The van der Waals surface area contributed by atoms with E-state index >= 15 is 0 Å². The summed E-state index contributed by atoms with van der Waals surface area (Å²) in [6.45, 7) is 14.1. The van der Waals surface area contributed by atoms with Crippen molar-refractivity contribution in [1.82, 2.24) is 20.4 Å². The molecule has 0 heterocycles. The highest BCUT2D eigenvalue weighted by atomic mass is 16.6. The largest absolute Gasteiger partial charge is 0.445 e. The van der Waals surface area contributed by atoms with Gasteiger partial charge in [0.2, 0.25) is 29.5 Å². The second kappa shape index (κ2) is 20.4. The number of primary amides is 1. The van der Waals surface area contributed by atoms with E-state index in [1.54, 1.807) is 59.0 Å². The molecule has 0 aliphatic carbocycles. The summed E-state index contributed by atoms with van der Waals surface area (Å²) in [4.78, 5) is 79.1. The van der Waals surface area contributed by atoms with E-state index in [1.807, 2.05) is 27.7 Å². The van der Waals surface area contributed by atoms with Crippen LogP contribution in [0.1, 0.15) is 73.8 Å². The minimum atomic E-state index is -0.954. The van der Waals surface area contributed by atoms with Crippen molar-refractivity contribution in [3.63, 3.8) is 0 Å². The molecule has 282 valence electrons. The summed E-state index contributed by atoms with van der Waals surface area (Å²) in [6, 6.07) is 2.68. The Labute approximate surface area is 296 Å². The number of hydrogen-bond donors (Lipinski definition) is 5. The third-order valence-electron chi connectivity index (χ3n) is 8.80. The van der Waals surface area contributed by atoms with Crippen LogP contribution >= 0.6 is 0 Å². The number of likely N-dealkylation sites (N-methyl/N-ethyl adjacent to an activating group) is 2. The minimum absolute atomic E-state index is 0.0345.